The zero-order valence-corrected chi connectivity index (χ0v) is 11.1. The molecule has 0 bridgehead atoms. The van der Waals surface area contributed by atoms with Gasteiger partial charge in [0, 0.05) is 6.20 Å². The van der Waals surface area contributed by atoms with Crippen LogP contribution in [0.3, 0.4) is 0 Å². The predicted octanol–water partition coefficient (Wildman–Crippen LogP) is 3.05. The van der Waals surface area contributed by atoms with Crippen LogP contribution in [0.2, 0.25) is 0 Å². The molecule has 0 aliphatic rings. The summed E-state index contributed by atoms with van der Waals surface area (Å²) in [6.45, 7) is 1.82. The van der Waals surface area contributed by atoms with E-state index in [0.717, 1.165) is 15.2 Å². The summed E-state index contributed by atoms with van der Waals surface area (Å²) in [5.74, 6) is 0.234. The quantitative estimate of drug-likeness (QED) is 0.715. The van der Waals surface area contributed by atoms with Gasteiger partial charge in [0.1, 0.15) is 16.7 Å². The summed E-state index contributed by atoms with van der Waals surface area (Å²) in [4.78, 5) is 12.9. The molecule has 3 rings (SSSR count). The standard InChI is InChI=1S/C14H10N4S/c1-9-16-7-6-11(17-9)10(8-15)14-18-12-4-2-3-5-13(12)19-14/h2-7,10H,1H3. The number of nitrogens with zero attached hydrogens (tertiary/aromatic N) is 4. The van der Waals surface area contributed by atoms with Gasteiger partial charge in [0.15, 0.2) is 0 Å². The van der Waals surface area contributed by atoms with E-state index in [1.165, 1.54) is 11.3 Å². The minimum atomic E-state index is -0.431. The average Bonchev–Trinajstić information content (AvgIpc) is 2.83. The second-order valence-corrected chi connectivity index (χ2v) is 5.17. The van der Waals surface area contributed by atoms with Gasteiger partial charge >= 0.3 is 0 Å². The Morgan fingerprint density at radius 3 is 2.79 bits per heavy atom. The van der Waals surface area contributed by atoms with Gasteiger partial charge in [0.05, 0.1) is 22.0 Å². The van der Waals surface area contributed by atoms with Crippen molar-refractivity contribution in [2.75, 3.05) is 0 Å². The van der Waals surface area contributed by atoms with Crippen LogP contribution < -0.4 is 0 Å². The third-order valence-electron chi connectivity index (χ3n) is 2.78. The SMILES string of the molecule is Cc1nccc(C(C#N)c2nc3ccccc3s2)n1. The van der Waals surface area contributed by atoms with Crippen LogP contribution >= 0.6 is 11.3 Å². The van der Waals surface area contributed by atoms with E-state index in [1.807, 2.05) is 31.2 Å². The molecular weight excluding hydrogens is 256 g/mol. The van der Waals surface area contributed by atoms with Gasteiger partial charge in [-0.1, -0.05) is 12.1 Å². The lowest BCUT2D eigenvalue weighted by Gasteiger charge is -2.04. The molecule has 1 atom stereocenters. The molecule has 0 amide bonds. The Kier molecular flexibility index (Phi) is 2.94. The Morgan fingerprint density at radius 2 is 2.05 bits per heavy atom. The van der Waals surface area contributed by atoms with Crippen LogP contribution in [-0.2, 0) is 0 Å². The highest BCUT2D eigenvalue weighted by molar-refractivity contribution is 7.18. The molecule has 92 valence electrons. The minimum absolute atomic E-state index is 0.431. The van der Waals surface area contributed by atoms with Crippen molar-refractivity contribution < 1.29 is 0 Å². The fraction of sp³-hybridized carbons (Fsp3) is 0.143. The lowest BCUT2D eigenvalue weighted by molar-refractivity contribution is 0.905. The summed E-state index contributed by atoms with van der Waals surface area (Å²) in [6, 6.07) is 11.9. The highest BCUT2D eigenvalue weighted by Crippen LogP contribution is 2.30. The Labute approximate surface area is 114 Å². The monoisotopic (exact) mass is 266 g/mol. The van der Waals surface area contributed by atoms with Crippen LogP contribution in [0.25, 0.3) is 10.2 Å². The maximum atomic E-state index is 9.41. The third-order valence-corrected chi connectivity index (χ3v) is 3.88. The zero-order valence-electron chi connectivity index (χ0n) is 10.2. The molecule has 0 spiro atoms. The fourth-order valence-electron chi connectivity index (χ4n) is 1.90. The zero-order chi connectivity index (χ0) is 13.2. The number of aryl methyl sites for hydroxylation is 1. The summed E-state index contributed by atoms with van der Waals surface area (Å²) in [7, 11) is 0. The van der Waals surface area contributed by atoms with E-state index in [1.54, 1.807) is 12.3 Å². The van der Waals surface area contributed by atoms with E-state index in [9.17, 15) is 5.26 Å². The third kappa shape index (κ3) is 2.18. The number of thiazole rings is 1. The second-order valence-electron chi connectivity index (χ2n) is 4.11. The van der Waals surface area contributed by atoms with Crippen molar-refractivity contribution in [3.05, 3.63) is 53.1 Å². The first kappa shape index (κ1) is 11.8. The molecule has 0 aliphatic carbocycles. The molecule has 4 nitrogen and oxygen atoms in total. The summed E-state index contributed by atoms with van der Waals surface area (Å²) in [5.41, 5.74) is 1.63. The number of hydrogen-bond acceptors (Lipinski definition) is 5. The van der Waals surface area contributed by atoms with Crippen molar-refractivity contribution >= 4 is 21.6 Å². The van der Waals surface area contributed by atoms with Crippen molar-refractivity contribution in [3.63, 3.8) is 0 Å². The molecule has 0 saturated heterocycles. The van der Waals surface area contributed by atoms with Crippen LogP contribution in [0.1, 0.15) is 22.4 Å². The number of fused-ring (bicyclic) bond motifs is 1. The number of hydrogen-bond donors (Lipinski definition) is 0. The van der Waals surface area contributed by atoms with Gasteiger partial charge in [-0.3, -0.25) is 0 Å². The number of rotatable bonds is 2. The number of benzene rings is 1. The van der Waals surface area contributed by atoms with Crippen molar-refractivity contribution in [1.82, 2.24) is 15.0 Å². The Balaban J connectivity index is 2.10. The maximum Gasteiger partial charge on any atom is 0.140 e. The molecule has 3 aromatic rings. The van der Waals surface area contributed by atoms with Gasteiger partial charge in [0.2, 0.25) is 0 Å². The molecule has 19 heavy (non-hydrogen) atoms. The first-order valence-corrected chi connectivity index (χ1v) is 6.64. The van der Waals surface area contributed by atoms with Crippen LogP contribution in [-0.4, -0.2) is 15.0 Å². The first-order valence-electron chi connectivity index (χ1n) is 5.82. The van der Waals surface area contributed by atoms with Gasteiger partial charge in [-0.15, -0.1) is 11.3 Å². The topological polar surface area (TPSA) is 62.5 Å². The minimum Gasteiger partial charge on any atom is -0.242 e. The van der Waals surface area contributed by atoms with Crippen LogP contribution in [0.5, 0.6) is 0 Å². The normalized spacial score (nSPS) is 12.2. The number of aromatic nitrogens is 3. The predicted molar refractivity (Wildman–Crippen MR) is 73.8 cm³/mol. The summed E-state index contributed by atoms with van der Waals surface area (Å²) in [6.07, 6.45) is 1.68. The molecule has 2 heterocycles. The molecule has 0 aliphatic heterocycles. The van der Waals surface area contributed by atoms with E-state index in [4.69, 9.17) is 0 Å². The smallest absolute Gasteiger partial charge is 0.140 e. The van der Waals surface area contributed by atoms with E-state index in [2.05, 4.69) is 21.0 Å². The lowest BCUT2D eigenvalue weighted by atomic mass is 10.1. The Morgan fingerprint density at radius 1 is 1.21 bits per heavy atom. The second kappa shape index (κ2) is 4.75. The van der Waals surface area contributed by atoms with Crippen molar-refractivity contribution in [3.8, 4) is 6.07 Å². The van der Waals surface area contributed by atoms with Crippen molar-refractivity contribution in [1.29, 1.82) is 5.26 Å². The maximum absolute atomic E-state index is 9.41. The fourth-order valence-corrected chi connectivity index (χ4v) is 2.92. The molecule has 1 aromatic carbocycles. The highest BCUT2D eigenvalue weighted by Gasteiger charge is 2.19. The van der Waals surface area contributed by atoms with E-state index in [0.29, 0.717) is 11.5 Å². The molecular formula is C14H10N4S. The van der Waals surface area contributed by atoms with E-state index < -0.39 is 5.92 Å². The summed E-state index contributed by atoms with van der Waals surface area (Å²) >= 11 is 1.54. The summed E-state index contributed by atoms with van der Waals surface area (Å²) < 4.78 is 1.09. The highest BCUT2D eigenvalue weighted by atomic mass is 32.1. The molecule has 1 unspecified atom stereocenters. The van der Waals surface area contributed by atoms with Crippen molar-refractivity contribution in [2.24, 2.45) is 0 Å². The molecule has 0 fully saturated rings. The van der Waals surface area contributed by atoms with Gasteiger partial charge in [-0.2, -0.15) is 5.26 Å². The Hall–Kier alpha value is -2.32. The number of nitriles is 1. The Bertz CT molecular complexity index is 739. The molecule has 2 aromatic heterocycles. The van der Waals surface area contributed by atoms with Crippen LogP contribution in [0, 0.1) is 18.3 Å². The first-order chi connectivity index (χ1) is 9.28. The van der Waals surface area contributed by atoms with Crippen LogP contribution in [0.4, 0.5) is 0 Å². The molecule has 5 heteroatoms. The van der Waals surface area contributed by atoms with Gasteiger partial charge in [-0.25, -0.2) is 15.0 Å². The number of para-hydroxylation sites is 1. The molecule has 0 N–H and O–H groups in total. The van der Waals surface area contributed by atoms with Crippen molar-refractivity contribution in [2.45, 2.75) is 12.8 Å². The average molecular weight is 266 g/mol. The van der Waals surface area contributed by atoms with Gasteiger partial charge in [-0.05, 0) is 25.1 Å². The molecule has 0 saturated carbocycles. The largest absolute Gasteiger partial charge is 0.242 e. The summed E-state index contributed by atoms with van der Waals surface area (Å²) in [5, 5.41) is 10.2. The van der Waals surface area contributed by atoms with Gasteiger partial charge < -0.3 is 0 Å². The van der Waals surface area contributed by atoms with E-state index in [-0.39, 0.29) is 0 Å². The lowest BCUT2D eigenvalue weighted by Crippen LogP contribution is -2.02. The van der Waals surface area contributed by atoms with Gasteiger partial charge in [0.25, 0.3) is 0 Å². The van der Waals surface area contributed by atoms with E-state index >= 15 is 0 Å². The van der Waals surface area contributed by atoms with Crippen LogP contribution in [0.15, 0.2) is 36.5 Å². The molecule has 0 radical (unpaired) electrons.